The van der Waals surface area contributed by atoms with Crippen LogP contribution in [0.15, 0.2) is 42.5 Å². The summed E-state index contributed by atoms with van der Waals surface area (Å²) < 4.78 is 44.5. The molecule has 0 spiro atoms. The Labute approximate surface area is 170 Å². The van der Waals surface area contributed by atoms with E-state index in [1.807, 2.05) is 0 Å². The van der Waals surface area contributed by atoms with E-state index in [1.165, 1.54) is 13.2 Å². The van der Waals surface area contributed by atoms with Gasteiger partial charge in [-0.2, -0.15) is 8.78 Å². The maximum absolute atomic E-state index is 12.5. The lowest BCUT2D eigenvalue weighted by molar-refractivity contribution is -0.385. The van der Waals surface area contributed by atoms with Gasteiger partial charge in [-0.05, 0) is 42.5 Å². The molecule has 10 heteroatoms. The fraction of sp³-hybridized carbons (Fsp3) is 0.250. The summed E-state index contributed by atoms with van der Waals surface area (Å²) in [6.07, 6.45) is 2.34. The van der Waals surface area contributed by atoms with Crippen LogP contribution in [0, 0.1) is 10.1 Å². The van der Waals surface area contributed by atoms with Crippen LogP contribution in [0.3, 0.4) is 0 Å². The number of ketones is 1. The van der Waals surface area contributed by atoms with Gasteiger partial charge in [-0.25, -0.2) is 0 Å². The Morgan fingerprint density at radius 3 is 2.40 bits per heavy atom. The number of alkyl halides is 2. The minimum atomic E-state index is -3.18. The molecule has 0 fully saturated rings. The van der Waals surface area contributed by atoms with E-state index in [0.29, 0.717) is 24.5 Å². The highest BCUT2D eigenvalue weighted by molar-refractivity contribution is 6.07. The molecule has 0 heterocycles. The number of carbonyl (C=O) groups excluding carboxylic acids is 1. The fourth-order valence-corrected chi connectivity index (χ4v) is 2.42. The Bertz CT molecular complexity index is 914. The number of hydrogen-bond donors (Lipinski definition) is 0. The van der Waals surface area contributed by atoms with Crippen molar-refractivity contribution in [2.45, 2.75) is 6.61 Å². The van der Waals surface area contributed by atoms with Crippen LogP contribution in [0.5, 0.6) is 17.2 Å². The van der Waals surface area contributed by atoms with Crippen LogP contribution in [-0.2, 0) is 4.74 Å². The number of carbonyl (C=O) groups is 1. The second-order valence-electron chi connectivity index (χ2n) is 5.76. The van der Waals surface area contributed by atoms with Gasteiger partial charge in [0.1, 0.15) is 12.4 Å². The van der Waals surface area contributed by atoms with Crippen LogP contribution in [-0.4, -0.2) is 44.8 Å². The molecule has 2 rings (SSSR count). The van der Waals surface area contributed by atoms with Gasteiger partial charge in [0.25, 0.3) is 5.69 Å². The molecule has 0 saturated carbocycles. The highest BCUT2D eigenvalue weighted by Gasteiger charge is 2.20. The van der Waals surface area contributed by atoms with Gasteiger partial charge in [-0.1, -0.05) is 0 Å². The van der Waals surface area contributed by atoms with Crippen molar-refractivity contribution >= 4 is 17.5 Å². The van der Waals surface area contributed by atoms with E-state index in [4.69, 9.17) is 14.2 Å². The molecule has 2 aromatic rings. The fourth-order valence-electron chi connectivity index (χ4n) is 2.42. The molecule has 0 aliphatic heterocycles. The van der Waals surface area contributed by atoms with Crippen molar-refractivity contribution in [2.75, 3.05) is 27.4 Å². The van der Waals surface area contributed by atoms with Gasteiger partial charge in [-0.3, -0.25) is 14.9 Å². The molecule has 0 aromatic heterocycles. The first-order chi connectivity index (χ1) is 14.3. The maximum atomic E-state index is 12.5. The Morgan fingerprint density at radius 2 is 1.83 bits per heavy atom. The topological polar surface area (TPSA) is 97.1 Å². The van der Waals surface area contributed by atoms with E-state index in [-0.39, 0.29) is 11.3 Å². The monoisotopic (exact) mass is 423 g/mol. The summed E-state index contributed by atoms with van der Waals surface area (Å²) >= 11 is 0. The van der Waals surface area contributed by atoms with Gasteiger partial charge in [0.15, 0.2) is 17.3 Å². The van der Waals surface area contributed by atoms with Gasteiger partial charge >= 0.3 is 6.61 Å². The third-order valence-corrected chi connectivity index (χ3v) is 3.83. The lowest BCUT2D eigenvalue weighted by Crippen LogP contribution is -2.05. The predicted molar refractivity (Wildman–Crippen MR) is 103 cm³/mol. The van der Waals surface area contributed by atoms with Crippen molar-refractivity contribution in [3.05, 3.63) is 63.7 Å². The van der Waals surface area contributed by atoms with E-state index < -0.39 is 28.8 Å². The number of rotatable bonds is 11. The van der Waals surface area contributed by atoms with Crippen molar-refractivity contribution in [1.82, 2.24) is 0 Å². The summed E-state index contributed by atoms with van der Waals surface area (Å²) in [5.74, 6) is -0.473. The summed E-state index contributed by atoms with van der Waals surface area (Å²) in [5.41, 5.74) is -0.193. The van der Waals surface area contributed by atoms with Gasteiger partial charge in [-0.15, -0.1) is 0 Å². The van der Waals surface area contributed by atoms with Gasteiger partial charge in [0.2, 0.25) is 0 Å². The van der Waals surface area contributed by atoms with Gasteiger partial charge in [0, 0.05) is 12.7 Å². The van der Waals surface area contributed by atoms with Crippen molar-refractivity contribution in [3.8, 4) is 17.2 Å². The summed E-state index contributed by atoms with van der Waals surface area (Å²) in [4.78, 5) is 22.9. The third-order valence-electron chi connectivity index (χ3n) is 3.83. The van der Waals surface area contributed by atoms with Crippen molar-refractivity contribution in [1.29, 1.82) is 0 Å². The Balaban J connectivity index is 2.23. The zero-order chi connectivity index (χ0) is 22.1. The summed E-state index contributed by atoms with van der Waals surface area (Å²) in [5, 5.41) is 11.3. The second-order valence-corrected chi connectivity index (χ2v) is 5.76. The van der Waals surface area contributed by atoms with Crippen LogP contribution in [0.4, 0.5) is 14.5 Å². The summed E-state index contributed by atoms with van der Waals surface area (Å²) in [7, 11) is 2.76. The normalized spacial score (nSPS) is 11.0. The van der Waals surface area contributed by atoms with E-state index >= 15 is 0 Å². The van der Waals surface area contributed by atoms with E-state index in [9.17, 15) is 23.7 Å². The molecule has 0 saturated heterocycles. The Kier molecular flexibility index (Phi) is 8.24. The average Bonchev–Trinajstić information content (AvgIpc) is 2.72. The highest BCUT2D eigenvalue weighted by Crippen LogP contribution is 2.36. The number of nitro groups is 1. The highest BCUT2D eigenvalue weighted by atomic mass is 19.3. The molecule has 2 aromatic carbocycles. The Hall–Kier alpha value is -3.53. The summed E-state index contributed by atoms with van der Waals surface area (Å²) in [6.45, 7) is -2.39. The molecular formula is C20H19F2NO7. The van der Waals surface area contributed by atoms with Crippen LogP contribution in [0.1, 0.15) is 15.9 Å². The lowest BCUT2D eigenvalue weighted by Gasteiger charge is -2.10. The number of allylic oxidation sites excluding steroid dienone is 1. The smallest absolute Gasteiger partial charge is 0.387 e. The molecule has 0 N–H and O–H groups in total. The molecule has 0 aliphatic rings. The van der Waals surface area contributed by atoms with Crippen LogP contribution in [0.2, 0.25) is 0 Å². The molecule has 160 valence electrons. The first-order valence-electron chi connectivity index (χ1n) is 8.61. The molecule has 0 unspecified atom stereocenters. The molecule has 0 aliphatic carbocycles. The average molecular weight is 423 g/mol. The molecule has 0 amide bonds. The Morgan fingerprint density at radius 1 is 1.13 bits per heavy atom. The zero-order valence-electron chi connectivity index (χ0n) is 16.2. The largest absolute Gasteiger partial charge is 0.493 e. The van der Waals surface area contributed by atoms with Crippen molar-refractivity contribution < 1.29 is 37.4 Å². The number of ether oxygens (including phenoxy) is 4. The predicted octanol–water partition coefficient (Wildman–Crippen LogP) is 4.13. The minimum absolute atomic E-state index is 0.00802. The molecule has 8 nitrogen and oxygen atoms in total. The van der Waals surface area contributed by atoms with Crippen molar-refractivity contribution in [2.24, 2.45) is 0 Å². The minimum Gasteiger partial charge on any atom is -0.493 e. The quantitative estimate of drug-likeness (QED) is 0.176. The molecular weight excluding hydrogens is 404 g/mol. The second kappa shape index (κ2) is 10.9. The first kappa shape index (κ1) is 22.8. The number of hydrogen-bond acceptors (Lipinski definition) is 7. The number of benzene rings is 2. The maximum Gasteiger partial charge on any atom is 0.387 e. The number of nitro benzene ring substituents is 1. The van der Waals surface area contributed by atoms with E-state index in [1.54, 1.807) is 31.4 Å². The standard InChI is InChI=1S/C20H19F2NO7/c1-27-9-10-29-15-6-3-13(4-7-15)17(24)8-5-14-11-18(28-2)19(30-20(21)22)12-16(14)23(25)26/h3-8,11-12,20H,9-10H2,1-2H3/b8-5+. The van der Waals surface area contributed by atoms with Crippen LogP contribution >= 0.6 is 0 Å². The molecule has 0 radical (unpaired) electrons. The molecule has 0 bridgehead atoms. The number of nitrogens with zero attached hydrogens (tertiary/aromatic N) is 1. The van der Waals surface area contributed by atoms with Crippen molar-refractivity contribution in [3.63, 3.8) is 0 Å². The van der Waals surface area contributed by atoms with E-state index in [2.05, 4.69) is 4.74 Å². The molecule has 30 heavy (non-hydrogen) atoms. The number of methoxy groups -OCH3 is 2. The molecule has 0 atom stereocenters. The van der Waals surface area contributed by atoms with Crippen LogP contribution in [0.25, 0.3) is 6.08 Å². The first-order valence-corrected chi connectivity index (χ1v) is 8.61. The van der Waals surface area contributed by atoms with Crippen LogP contribution < -0.4 is 14.2 Å². The lowest BCUT2D eigenvalue weighted by atomic mass is 10.1. The SMILES string of the molecule is COCCOc1ccc(C(=O)/C=C/c2cc(OC)c(OC(F)F)cc2[N+](=O)[O-])cc1. The number of halogens is 2. The van der Waals surface area contributed by atoms with Gasteiger partial charge in [0.05, 0.1) is 30.3 Å². The summed E-state index contributed by atoms with van der Waals surface area (Å²) in [6, 6.07) is 8.28. The zero-order valence-corrected chi connectivity index (χ0v) is 16.2. The third kappa shape index (κ3) is 6.24. The van der Waals surface area contributed by atoms with E-state index in [0.717, 1.165) is 18.2 Å². The van der Waals surface area contributed by atoms with Gasteiger partial charge < -0.3 is 18.9 Å².